The quantitative estimate of drug-likeness (QED) is 0.0261. The Morgan fingerprint density at radius 2 is 0.534 bits per heavy atom. The fraction of sp³-hybridized carbons (Fsp3) is 0.657. The third kappa shape index (κ3) is 58.6. The summed E-state index contributed by atoms with van der Waals surface area (Å²) in [6, 6.07) is 0. The molecule has 0 amide bonds. The van der Waals surface area contributed by atoms with Crippen LogP contribution in [0.4, 0.5) is 0 Å². The molecule has 414 valence electrons. The van der Waals surface area contributed by atoms with Crippen LogP contribution in [-0.4, -0.2) is 37.2 Å². The van der Waals surface area contributed by atoms with Crippen molar-refractivity contribution in [1.29, 1.82) is 0 Å². The molecule has 1 unspecified atom stereocenters. The van der Waals surface area contributed by atoms with Gasteiger partial charge in [-0.1, -0.05) is 258 Å². The summed E-state index contributed by atoms with van der Waals surface area (Å²) in [5.41, 5.74) is 0. The van der Waals surface area contributed by atoms with E-state index in [1.807, 2.05) is 0 Å². The molecule has 0 aromatic carbocycles. The molecular formula is C67H110O6. The number of ether oxygens (including phenoxy) is 3. The predicted octanol–water partition coefficient (Wildman–Crippen LogP) is 20.4. The van der Waals surface area contributed by atoms with Crippen molar-refractivity contribution in [3.63, 3.8) is 0 Å². The first kappa shape index (κ1) is 68.8. The second-order valence-electron chi connectivity index (χ2n) is 19.5. The molecule has 6 nitrogen and oxygen atoms in total. The van der Waals surface area contributed by atoms with Crippen molar-refractivity contribution in [2.75, 3.05) is 13.2 Å². The van der Waals surface area contributed by atoms with Crippen LogP contribution in [0.1, 0.15) is 265 Å². The van der Waals surface area contributed by atoms with E-state index in [1.54, 1.807) is 0 Å². The lowest BCUT2D eigenvalue weighted by atomic mass is 10.0. The van der Waals surface area contributed by atoms with Crippen molar-refractivity contribution in [3.8, 4) is 0 Å². The summed E-state index contributed by atoms with van der Waals surface area (Å²) in [5, 5.41) is 0. The highest BCUT2D eigenvalue weighted by molar-refractivity contribution is 5.71. The summed E-state index contributed by atoms with van der Waals surface area (Å²) < 4.78 is 16.8. The first-order chi connectivity index (χ1) is 36.0. The van der Waals surface area contributed by atoms with Gasteiger partial charge in [0.25, 0.3) is 0 Å². The lowest BCUT2D eigenvalue weighted by Crippen LogP contribution is -2.30. The van der Waals surface area contributed by atoms with Crippen molar-refractivity contribution in [1.82, 2.24) is 0 Å². The number of unbranched alkanes of at least 4 members (excludes halogenated alkanes) is 22. The van der Waals surface area contributed by atoms with E-state index < -0.39 is 6.10 Å². The molecule has 0 aromatic heterocycles. The molecule has 0 radical (unpaired) electrons. The van der Waals surface area contributed by atoms with Gasteiger partial charge in [0.15, 0.2) is 6.10 Å². The molecule has 0 saturated carbocycles. The lowest BCUT2D eigenvalue weighted by Gasteiger charge is -2.18. The molecule has 0 N–H and O–H groups in total. The molecule has 0 aliphatic rings. The first-order valence-corrected chi connectivity index (χ1v) is 30.0. The highest BCUT2D eigenvalue weighted by atomic mass is 16.6. The van der Waals surface area contributed by atoms with E-state index in [4.69, 9.17) is 14.2 Å². The largest absolute Gasteiger partial charge is 0.462 e. The second-order valence-corrected chi connectivity index (χ2v) is 19.5. The van der Waals surface area contributed by atoms with E-state index in [1.165, 1.54) is 103 Å². The number of esters is 3. The van der Waals surface area contributed by atoms with E-state index in [9.17, 15) is 14.4 Å². The molecule has 0 spiro atoms. The zero-order chi connectivity index (χ0) is 52.9. The van der Waals surface area contributed by atoms with Crippen LogP contribution in [0.5, 0.6) is 0 Å². The van der Waals surface area contributed by atoms with Gasteiger partial charge in [-0.25, -0.2) is 0 Å². The molecule has 0 aromatic rings. The van der Waals surface area contributed by atoms with E-state index in [0.717, 1.165) is 109 Å². The molecule has 73 heavy (non-hydrogen) atoms. The molecule has 0 aliphatic carbocycles. The van der Waals surface area contributed by atoms with Gasteiger partial charge < -0.3 is 14.2 Å². The summed E-state index contributed by atoms with van der Waals surface area (Å²) in [6.07, 6.45) is 83.4. The van der Waals surface area contributed by atoms with Crippen molar-refractivity contribution in [2.45, 2.75) is 271 Å². The lowest BCUT2D eigenvalue weighted by molar-refractivity contribution is -0.167. The van der Waals surface area contributed by atoms with Gasteiger partial charge in [-0.15, -0.1) is 0 Å². The Kier molecular flexibility index (Phi) is 56.9. The van der Waals surface area contributed by atoms with Crippen LogP contribution < -0.4 is 0 Å². The van der Waals surface area contributed by atoms with Crippen LogP contribution in [0, 0.1) is 0 Å². The normalized spacial score (nSPS) is 13.0. The minimum absolute atomic E-state index is 0.114. The third-order valence-electron chi connectivity index (χ3n) is 12.5. The van der Waals surface area contributed by atoms with Gasteiger partial charge in [0.05, 0.1) is 0 Å². The van der Waals surface area contributed by atoms with Crippen LogP contribution in [-0.2, 0) is 28.6 Å². The average Bonchev–Trinajstić information content (AvgIpc) is 3.39. The van der Waals surface area contributed by atoms with Crippen molar-refractivity contribution in [2.24, 2.45) is 0 Å². The maximum atomic E-state index is 12.9. The average molecular weight is 1010 g/mol. The number of rotatable bonds is 53. The highest BCUT2D eigenvalue weighted by Crippen LogP contribution is 2.16. The second kappa shape index (κ2) is 60.4. The Morgan fingerprint density at radius 3 is 0.836 bits per heavy atom. The zero-order valence-electron chi connectivity index (χ0n) is 47.4. The highest BCUT2D eigenvalue weighted by Gasteiger charge is 2.19. The number of carbonyl (C=O) groups is 3. The smallest absolute Gasteiger partial charge is 0.306 e. The summed E-state index contributed by atoms with van der Waals surface area (Å²) in [6.45, 7) is 6.35. The number of allylic oxidation sites excluding steroid dienone is 20. The summed E-state index contributed by atoms with van der Waals surface area (Å²) in [5.74, 6) is -0.992. The van der Waals surface area contributed by atoms with Crippen molar-refractivity contribution < 1.29 is 28.6 Å². The topological polar surface area (TPSA) is 78.9 Å². The third-order valence-corrected chi connectivity index (χ3v) is 12.5. The fourth-order valence-corrected chi connectivity index (χ4v) is 8.03. The molecule has 6 heteroatoms. The molecule has 0 saturated heterocycles. The Balaban J connectivity index is 4.50. The predicted molar refractivity (Wildman–Crippen MR) is 316 cm³/mol. The number of hydrogen-bond donors (Lipinski definition) is 0. The Labute approximate surface area is 450 Å². The zero-order valence-corrected chi connectivity index (χ0v) is 47.4. The van der Waals surface area contributed by atoms with Gasteiger partial charge in [0.1, 0.15) is 13.2 Å². The molecule has 0 bridgehead atoms. The van der Waals surface area contributed by atoms with Gasteiger partial charge in [-0.05, 0) is 109 Å². The minimum atomic E-state index is -0.816. The van der Waals surface area contributed by atoms with Gasteiger partial charge >= 0.3 is 17.9 Å². The van der Waals surface area contributed by atoms with Crippen LogP contribution in [0.2, 0.25) is 0 Å². The van der Waals surface area contributed by atoms with Crippen molar-refractivity contribution in [3.05, 3.63) is 122 Å². The summed E-state index contributed by atoms with van der Waals surface area (Å²) >= 11 is 0. The molecule has 1 atom stereocenters. The van der Waals surface area contributed by atoms with E-state index in [0.29, 0.717) is 32.1 Å². The van der Waals surface area contributed by atoms with Crippen LogP contribution in [0.15, 0.2) is 122 Å². The molecule has 0 heterocycles. The van der Waals surface area contributed by atoms with Gasteiger partial charge in [0.2, 0.25) is 0 Å². The number of carbonyl (C=O) groups excluding carboxylic acids is 3. The van der Waals surface area contributed by atoms with Crippen molar-refractivity contribution >= 4 is 17.9 Å². The maximum absolute atomic E-state index is 12.9. The summed E-state index contributed by atoms with van der Waals surface area (Å²) in [4.78, 5) is 38.2. The SMILES string of the molecule is CC/C=C\C/C=C\C/C=C\C/C=C\C/C=C\C/C=C\CCCCC(=O)OCC(COC(=O)CCCC/C=C\C/C=C\C/C=C\C/C=C\CC)OC(=O)CCCCCCCCCCCCCCCCCCCCC. The monoisotopic (exact) mass is 1010 g/mol. The van der Waals surface area contributed by atoms with Gasteiger partial charge in [-0.2, -0.15) is 0 Å². The molecule has 0 aliphatic heterocycles. The molecular weight excluding hydrogens is 901 g/mol. The minimum Gasteiger partial charge on any atom is -0.462 e. The number of hydrogen-bond acceptors (Lipinski definition) is 6. The van der Waals surface area contributed by atoms with Crippen LogP contribution >= 0.6 is 0 Å². The van der Waals surface area contributed by atoms with Crippen LogP contribution in [0.25, 0.3) is 0 Å². The van der Waals surface area contributed by atoms with E-state index in [2.05, 4.69) is 142 Å². The Hall–Kier alpha value is -4.19. The molecule has 0 fully saturated rings. The molecule has 0 rings (SSSR count). The van der Waals surface area contributed by atoms with E-state index in [-0.39, 0.29) is 31.1 Å². The van der Waals surface area contributed by atoms with Gasteiger partial charge in [-0.3, -0.25) is 14.4 Å². The summed E-state index contributed by atoms with van der Waals surface area (Å²) in [7, 11) is 0. The Morgan fingerprint density at radius 1 is 0.288 bits per heavy atom. The van der Waals surface area contributed by atoms with Gasteiger partial charge in [0, 0.05) is 19.3 Å². The standard InChI is InChI=1S/C67H110O6/c1-4-7-10-13-16-19-22-25-28-30-32-33-35-36-39-42-45-48-51-54-57-60-66(69)72-63-64(62-71-65(68)59-56-53-50-47-44-41-38-27-24-21-18-15-12-9-6-3)73-67(70)61-58-55-52-49-46-43-40-37-34-31-29-26-23-20-17-14-11-8-5-2/h7,9-10,12,16,18-19,21,25,27-28,32-33,36,38-39,44-45,47-48,64H,4-6,8,11,13-15,17,20,22-24,26,29-31,34-35,37,40-43,46,49-63H2,1-3H3/b10-7-,12-9-,19-16-,21-18-,28-25-,33-32-,38-27-,39-36-,47-44-,48-45-. The first-order valence-electron chi connectivity index (χ1n) is 30.0. The van der Waals surface area contributed by atoms with Crippen LogP contribution in [0.3, 0.4) is 0 Å². The maximum Gasteiger partial charge on any atom is 0.306 e. The Bertz CT molecular complexity index is 1540. The van der Waals surface area contributed by atoms with E-state index >= 15 is 0 Å². The fourth-order valence-electron chi connectivity index (χ4n) is 8.03.